The summed E-state index contributed by atoms with van der Waals surface area (Å²) < 4.78 is 34.5. The standard InChI is InChI=1S/C14H34O4Si4.C13H32O4Si4/c1-13(2)14(15)16-9-8-10-19-18-22(6,7)12-11-20-17-21(3,4)5;1-7-13(14)15-9-8-10-18-17-21(5,6)12-11-19-16-20(2,3)4/h1,8-12,19-20H2,2-7H3;7H,1,8-12,18-19H2,2-6H3. The van der Waals surface area contributed by atoms with Crippen molar-refractivity contribution >= 4 is 84.3 Å². The van der Waals surface area contributed by atoms with Gasteiger partial charge in [-0.3, -0.25) is 0 Å². The minimum Gasteiger partial charge on any atom is -0.463 e. The molecule has 0 rings (SSSR count). The van der Waals surface area contributed by atoms with Crippen molar-refractivity contribution < 1.29 is 35.5 Å². The largest absolute Gasteiger partial charge is 0.463 e. The van der Waals surface area contributed by atoms with Gasteiger partial charge < -0.3 is 25.9 Å². The highest BCUT2D eigenvalue weighted by molar-refractivity contribution is 6.77. The van der Waals surface area contributed by atoms with Gasteiger partial charge in [-0.1, -0.05) is 13.2 Å². The van der Waals surface area contributed by atoms with E-state index in [1.54, 1.807) is 6.92 Å². The third kappa shape index (κ3) is 34.7. The van der Waals surface area contributed by atoms with Gasteiger partial charge in [-0.05, 0) is 122 Å². The summed E-state index contributed by atoms with van der Waals surface area (Å²) in [5.74, 6) is -0.621. The molecule has 0 unspecified atom stereocenters. The molecule has 0 saturated carbocycles. The average molecular weight is 744 g/mol. The number of carbonyl (C=O) groups is 2. The first-order valence-electron chi connectivity index (χ1n) is 15.9. The topological polar surface area (TPSA) is 89.5 Å². The van der Waals surface area contributed by atoms with E-state index < -0.39 is 52.8 Å². The van der Waals surface area contributed by atoms with Gasteiger partial charge in [0, 0.05) is 11.6 Å². The maximum atomic E-state index is 11.2. The molecule has 0 saturated heterocycles. The first kappa shape index (κ1) is 45.1. The first-order chi connectivity index (χ1) is 19.7. The third-order valence-electron chi connectivity index (χ3n) is 5.97. The maximum Gasteiger partial charge on any atom is 0.333 e. The van der Waals surface area contributed by atoms with Crippen LogP contribution in [0.4, 0.5) is 0 Å². The molecule has 0 bridgehead atoms. The Morgan fingerprint density at radius 2 is 1.00 bits per heavy atom. The van der Waals surface area contributed by atoms with Crippen LogP contribution in [0.25, 0.3) is 0 Å². The van der Waals surface area contributed by atoms with E-state index in [-0.39, 0.29) is 31.5 Å². The van der Waals surface area contributed by atoms with E-state index >= 15 is 0 Å². The van der Waals surface area contributed by atoms with E-state index in [0.29, 0.717) is 18.8 Å². The van der Waals surface area contributed by atoms with E-state index in [4.69, 9.17) is 25.9 Å². The zero-order chi connectivity index (χ0) is 33.6. The number of carbonyl (C=O) groups excluding carboxylic acids is 2. The Bertz CT molecular complexity index is 799. The lowest BCUT2D eigenvalue weighted by molar-refractivity contribution is -0.139. The summed E-state index contributed by atoms with van der Waals surface area (Å²) in [6.45, 7) is 32.3. The van der Waals surface area contributed by atoms with Gasteiger partial charge in [0.15, 0.2) is 33.3 Å². The molecule has 0 aromatic carbocycles. The Hall–Kier alpha value is -0.00494. The van der Waals surface area contributed by atoms with Crippen molar-refractivity contribution in [3.63, 3.8) is 0 Å². The zero-order valence-corrected chi connectivity index (χ0v) is 39.3. The quantitative estimate of drug-likeness (QED) is 0.0606. The third-order valence-corrected chi connectivity index (χ3v) is 29.8. The fourth-order valence-corrected chi connectivity index (χ4v) is 25.1. The second kappa shape index (κ2) is 24.2. The summed E-state index contributed by atoms with van der Waals surface area (Å²) in [4.78, 5) is 22.1. The Morgan fingerprint density at radius 1 is 0.628 bits per heavy atom. The van der Waals surface area contributed by atoms with Crippen molar-refractivity contribution in [2.24, 2.45) is 0 Å². The normalized spacial score (nSPS) is 13.4. The molecule has 0 aliphatic carbocycles. The van der Waals surface area contributed by atoms with Crippen LogP contribution in [0.3, 0.4) is 0 Å². The lowest BCUT2D eigenvalue weighted by Crippen LogP contribution is -2.33. The molecule has 0 aromatic rings. The molecule has 0 atom stereocenters. The van der Waals surface area contributed by atoms with E-state index in [1.165, 1.54) is 30.3 Å². The van der Waals surface area contributed by atoms with Crippen LogP contribution >= 0.6 is 0 Å². The minimum absolute atomic E-state index is 0.287. The van der Waals surface area contributed by atoms with Crippen LogP contribution in [0.2, 0.25) is 102 Å². The summed E-state index contributed by atoms with van der Waals surface area (Å²) in [5, 5.41) is 0. The molecule has 43 heavy (non-hydrogen) atoms. The second-order valence-corrected chi connectivity index (χ2v) is 39.6. The molecule has 16 heteroatoms. The fourth-order valence-electron chi connectivity index (χ4n) is 3.52. The van der Waals surface area contributed by atoms with Crippen molar-refractivity contribution in [2.45, 2.75) is 122 Å². The van der Waals surface area contributed by atoms with Crippen molar-refractivity contribution in [3.8, 4) is 0 Å². The van der Waals surface area contributed by atoms with Crippen LogP contribution in [0, 0.1) is 0 Å². The minimum atomic E-state index is -1.49. The van der Waals surface area contributed by atoms with E-state index in [2.05, 4.69) is 78.6 Å². The molecule has 0 fully saturated rings. The molecule has 0 aromatic heterocycles. The fraction of sp³-hybridized carbons (Fsp3) is 0.778. The second-order valence-electron chi connectivity index (χ2n) is 14.0. The van der Waals surface area contributed by atoms with E-state index in [1.807, 2.05) is 0 Å². The predicted molar refractivity (Wildman–Crippen MR) is 205 cm³/mol. The van der Waals surface area contributed by atoms with Crippen LogP contribution in [0.5, 0.6) is 0 Å². The van der Waals surface area contributed by atoms with Crippen LogP contribution in [-0.4, -0.2) is 97.5 Å². The number of hydrogen-bond acceptors (Lipinski definition) is 8. The molecule has 0 N–H and O–H groups in total. The summed E-state index contributed by atoms with van der Waals surface area (Å²) in [6, 6.07) is 7.08. The van der Waals surface area contributed by atoms with Gasteiger partial charge in [-0.25, -0.2) is 9.59 Å². The van der Waals surface area contributed by atoms with Crippen LogP contribution in [0.1, 0.15) is 19.8 Å². The van der Waals surface area contributed by atoms with Gasteiger partial charge in [0.1, 0.15) is 39.1 Å². The van der Waals surface area contributed by atoms with Crippen LogP contribution in [-0.2, 0) is 35.5 Å². The highest BCUT2D eigenvalue weighted by atomic mass is 28.4. The molecule has 8 nitrogen and oxygen atoms in total. The molecule has 0 aliphatic rings. The Kier molecular flexibility index (Phi) is 25.4. The van der Waals surface area contributed by atoms with Gasteiger partial charge in [0.05, 0.1) is 13.2 Å². The number of hydrogen-bond donors (Lipinski definition) is 0. The molecule has 254 valence electrons. The van der Waals surface area contributed by atoms with Crippen molar-refractivity contribution in [1.29, 1.82) is 0 Å². The Balaban J connectivity index is 0. The Labute approximate surface area is 278 Å². The molecule has 0 radical (unpaired) electrons. The maximum absolute atomic E-state index is 11.2. The lowest BCUT2D eigenvalue weighted by Gasteiger charge is -2.24. The summed E-state index contributed by atoms with van der Waals surface area (Å²) in [7, 11) is -7.28. The number of esters is 2. The zero-order valence-electron chi connectivity index (χ0n) is 29.7. The molecular weight excluding hydrogens is 677 g/mol. The Morgan fingerprint density at radius 3 is 1.35 bits per heavy atom. The van der Waals surface area contributed by atoms with Crippen molar-refractivity contribution in [1.82, 2.24) is 0 Å². The average Bonchev–Trinajstić information content (AvgIpc) is 2.87. The van der Waals surface area contributed by atoms with E-state index in [9.17, 15) is 9.59 Å². The smallest absolute Gasteiger partial charge is 0.333 e. The summed E-state index contributed by atoms with van der Waals surface area (Å²) >= 11 is 0. The van der Waals surface area contributed by atoms with Gasteiger partial charge in [-0.15, -0.1) is 0 Å². The SMILES string of the molecule is C=C(C)C(=O)OCCC[SiH2]O[Si](C)(C)CC[SiH2]O[Si](C)(C)C.C=CC(=O)OCCC[SiH2]O[Si](C)(C)CC[SiH2]O[Si](C)(C)C. The van der Waals surface area contributed by atoms with Crippen molar-refractivity contribution in [2.75, 3.05) is 13.2 Å². The monoisotopic (exact) mass is 742 g/mol. The van der Waals surface area contributed by atoms with E-state index in [0.717, 1.165) is 24.9 Å². The van der Waals surface area contributed by atoms with Gasteiger partial charge in [0.2, 0.25) is 0 Å². The van der Waals surface area contributed by atoms with Gasteiger partial charge in [0.25, 0.3) is 0 Å². The highest BCUT2D eigenvalue weighted by Gasteiger charge is 2.23. The van der Waals surface area contributed by atoms with Crippen LogP contribution in [0.15, 0.2) is 24.8 Å². The number of ether oxygens (including phenoxy) is 2. The molecule has 0 heterocycles. The molecule has 0 amide bonds. The lowest BCUT2D eigenvalue weighted by atomic mass is 10.4. The molecular formula is C27H66O8Si8. The molecule has 0 aliphatic heterocycles. The summed E-state index contributed by atoms with van der Waals surface area (Å²) in [6.07, 6.45) is 3.02. The van der Waals surface area contributed by atoms with Gasteiger partial charge in [-0.2, -0.15) is 0 Å². The van der Waals surface area contributed by atoms with Gasteiger partial charge >= 0.3 is 11.9 Å². The molecule has 0 spiro atoms. The number of rotatable bonds is 24. The first-order valence-corrected chi connectivity index (χ1v) is 35.2. The summed E-state index contributed by atoms with van der Waals surface area (Å²) in [5.41, 5.74) is 0.465. The highest BCUT2D eigenvalue weighted by Crippen LogP contribution is 2.16. The van der Waals surface area contributed by atoms with Crippen LogP contribution < -0.4 is 0 Å². The van der Waals surface area contributed by atoms with Crippen molar-refractivity contribution in [3.05, 3.63) is 24.8 Å². The predicted octanol–water partition coefficient (Wildman–Crippen LogP) is 4.76.